The molecule has 2 atom stereocenters. The Morgan fingerprint density at radius 3 is 2.55 bits per heavy atom. The van der Waals surface area contributed by atoms with E-state index >= 15 is 0 Å². The van der Waals surface area contributed by atoms with Crippen molar-refractivity contribution < 1.29 is 13.5 Å². The first-order valence-corrected chi connectivity index (χ1v) is 9.38. The first kappa shape index (κ1) is 14.1. The molecule has 2 aliphatic carbocycles. The monoisotopic (exact) mass is 294 g/mol. The third-order valence-electron chi connectivity index (χ3n) is 5.04. The van der Waals surface area contributed by atoms with Crippen molar-refractivity contribution in [1.82, 2.24) is 0 Å². The highest BCUT2D eigenvalue weighted by Gasteiger charge is 2.48. The van der Waals surface area contributed by atoms with E-state index in [1.165, 1.54) is 31.1 Å². The Bertz CT molecular complexity index is 604. The predicted octanol–water partition coefficient (Wildman–Crippen LogP) is 2.74. The second-order valence-electron chi connectivity index (χ2n) is 6.39. The average molecular weight is 294 g/mol. The maximum atomic E-state index is 11.9. The molecule has 1 aromatic rings. The fourth-order valence-corrected chi connectivity index (χ4v) is 5.22. The van der Waals surface area contributed by atoms with Gasteiger partial charge in [0.15, 0.2) is 9.84 Å². The lowest BCUT2D eigenvalue weighted by Gasteiger charge is -2.32. The van der Waals surface area contributed by atoms with Crippen LogP contribution in [0.15, 0.2) is 24.3 Å². The highest BCUT2D eigenvalue weighted by Crippen LogP contribution is 2.44. The highest BCUT2D eigenvalue weighted by atomic mass is 32.2. The number of hydrogen-bond acceptors (Lipinski definition) is 3. The third-order valence-corrected chi connectivity index (χ3v) is 6.70. The van der Waals surface area contributed by atoms with Gasteiger partial charge >= 0.3 is 0 Å². The van der Waals surface area contributed by atoms with Crippen LogP contribution in [0, 0.1) is 0 Å². The molecule has 3 nitrogen and oxygen atoms in total. The molecule has 4 heteroatoms. The van der Waals surface area contributed by atoms with Crippen molar-refractivity contribution in [1.29, 1.82) is 0 Å². The summed E-state index contributed by atoms with van der Waals surface area (Å²) in [6, 6.07) is 7.97. The van der Waals surface area contributed by atoms with Gasteiger partial charge in [0.1, 0.15) is 5.60 Å². The fourth-order valence-electron chi connectivity index (χ4n) is 3.66. The lowest BCUT2D eigenvalue weighted by molar-refractivity contribution is 0.0475. The summed E-state index contributed by atoms with van der Waals surface area (Å²) in [6.07, 6.45) is 6.79. The minimum absolute atomic E-state index is 0.541. The van der Waals surface area contributed by atoms with Gasteiger partial charge in [-0.25, -0.2) is 8.42 Å². The van der Waals surface area contributed by atoms with Crippen LogP contribution < -0.4 is 0 Å². The Kier molecular flexibility index (Phi) is 3.41. The first-order chi connectivity index (χ1) is 9.41. The molecule has 0 aliphatic heterocycles. The van der Waals surface area contributed by atoms with Crippen LogP contribution in [0.1, 0.15) is 55.6 Å². The van der Waals surface area contributed by atoms with Crippen molar-refractivity contribution in [3.05, 3.63) is 35.4 Å². The van der Waals surface area contributed by atoms with Gasteiger partial charge in [0.25, 0.3) is 0 Å². The molecule has 0 amide bonds. The molecule has 0 spiro atoms. The van der Waals surface area contributed by atoms with Crippen molar-refractivity contribution >= 4 is 9.84 Å². The SMILES string of the molecule is CS(=O)(=O)C1CCCC1(O)c1cccc(C2CCC2)c1. The number of sulfone groups is 1. The molecule has 110 valence electrons. The van der Waals surface area contributed by atoms with Crippen molar-refractivity contribution in [3.63, 3.8) is 0 Å². The molecule has 0 heterocycles. The zero-order valence-corrected chi connectivity index (χ0v) is 12.7. The maximum Gasteiger partial charge on any atom is 0.153 e. The Balaban J connectivity index is 1.98. The summed E-state index contributed by atoms with van der Waals surface area (Å²) in [5, 5.41) is 10.3. The zero-order chi connectivity index (χ0) is 14.4. The van der Waals surface area contributed by atoms with E-state index in [1.54, 1.807) is 0 Å². The molecular formula is C16H22O3S. The molecule has 20 heavy (non-hydrogen) atoms. The van der Waals surface area contributed by atoms with E-state index < -0.39 is 20.7 Å². The molecule has 0 saturated heterocycles. The predicted molar refractivity (Wildman–Crippen MR) is 79.4 cm³/mol. The van der Waals surface area contributed by atoms with Crippen LogP contribution in [-0.4, -0.2) is 25.0 Å². The molecule has 2 fully saturated rings. The van der Waals surface area contributed by atoms with E-state index in [-0.39, 0.29) is 0 Å². The van der Waals surface area contributed by atoms with Crippen molar-refractivity contribution in [2.45, 2.75) is 55.3 Å². The van der Waals surface area contributed by atoms with E-state index in [2.05, 4.69) is 6.07 Å². The molecule has 1 N–H and O–H groups in total. The molecular weight excluding hydrogens is 272 g/mol. The molecule has 3 rings (SSSR count). The Hall–Kier alpha value is -0.870. The van der Waals surface area contributed by atoms with E-state index in [9.17, 15) is 13.5 Å². The van der Waals surface area contributed by atoms with Crippen LogP contribution in [0.5, 0.6) is 0 Å². The van der Waals surface area contributed by atoms with Crippen LogP contribution in [0.3, 0.4) is 0 Å². The van der Waals surface area contributed by atoms with Crippen molar-refractivity contribution in [2.75, 3.05) is 6.26 Å². The largest absolute Gasteiger partial charge is 0.384 e. The van der Waals surface area contributed by atoms with Gasteiger partial charge in [-0.3, -0.25) is 0 Å². The summed E-state index contributed by atoms with van der Waals surface area (Å²) >= 11 is 0. The van der Waals surface area contributed by atoms with Gasteiger partial charge in [0.05, 0.1) is 5.25 Å². The van der Waals surface area contributed by atoms with Gasteiger partial charge in [-0.1, -0.05) is 30.7 Å². The Morgan fingerprint density at radius 2 is 1.95 bits per heavy atom. The Morgan fingerprint density at radius 1 is 1.20 bits per heavy atom. The van der Waals surface area contributed by atoms with E-state index in [1.807, 2.05) is 18.2 Å². The quantitative estimate of drug-likeness (QED) is 0.932. The fraction of sp³-hybridized carbons (Fsp3) is 0.625. The number of aliphatic hydroxyl groups is 1. The summed E-state index contributed by atoms with van der Waals surface area (Å²) in [6.45, 7) is 0. The summed E-state index contributed by atoms with van der Waals surface area (Å²) in [5.74, 6) is 0.594. The molecule has 1 aromatic carbocycles. The second-order valence-corrected chi connectivity index (χ2v) is 8.62. The summed E-state index contributed by atoms with van der Waals surface area (Å²) < 4.78 is 23.9. The van der Waals surface area contributed by atoms with Gasteiger partial charge in [0, 0.05) is 6.26 Å². The van der Waals surface area contributed by atoms with Crippen LogP contribution in [0.25, 0.3) is 0 Å². The average Bonchev–Trinajstić information content (AvgIpc) is 2.71. The smallest absolute Gasteiger partial charge is 0.153 e. The van der Waals surface area contributed by atoms with Gasteiger partial charge < -0.3 is 5.11 Å². The van der Waals surface area contributed by atoms with Gasteiger partial charge in [-0.05, 0) is 49.1 Å². The molecule has 0 radical (unpaired) electrons. The van der Waals surface area contributed by atoms with Crippen LogP contribution in [0.2, 0.25) is 0 Å². The molecule has 0 aromatic heterocycles. The van der Waals surface area contributed by atoms with Gasteiger partial charge in [0.2, 0.25) is 0 Å². The van der Waals surface area contributed by atoms with Gasteiger partial charge in [-0.15, -0.1) is 0 Å². The summed E-state index contributed by atoms with van der Waals surface area (Å²) in [7, 11) is -3.23. The molecule has 2 saturated carbocycles. The minimum Gasteiger partial charge on any atom is -0.384 e. The minimum atomic E-state index is -3.23. The number of benzene rings is 1. The molecule has 2 aliphatic rings. The lowest BCUT2D eigenvalue weighted by atomic mass is 9.78. The summed E-state index contributed by atoms with van der Waals surface area (Å²) in [4.78, 5) is 0. The van der Waals surface area contributed by atoms with Crippen LogP contribution in [-0.2, 0) is 15.4 Å². The van der Waals surface area contributed by atoms with Gasteiger partial charge in [-0.2, -0.15) is 0 Å². The van der Waals surface area contributed by atoms with E-state index in [0.29, 0.717) is 18.8 Å². The standard InChI is InChI=1S/C16H22O3S/c1-20(18,19)15-9-4-10-16(15,17)14-8-3-7-13(11-14)12-5-2-6-12/h3,7-8,11-12,15,17H,2,4-6,9-10H2,1H3. The summed E-state index contributed by atoms with van der Waals surface area (Å²) in [5.41, 5.74) is 0.837. The van der Waals surface area contributed by atoms with E-state index in [4.69, 9.17) is 0 Å². The second kappa shape index (κ2) is 4.85. The number of hydrogen-bond donors (Lipinski definition) is 1. The van der Waals surface area contributed by atoms with Crippen LogP contribution in [0.4, 0.5) is 0 Å². The molecule has 0 bridgehead atoms. The lowest BCUT2D eigenvalue weighted by Crippen LogP contribution is -2.39. The highest BCUT2D eigenvalue weighted by molar-refractivity contribution is 7.91. The van der Waals surface area contributed by atoms with Crippen molar-refractivity contribution in [2.24, 2.45) is 0 Å². The normalized spacial score (nSPS) is 31.2. The molecule has 2 unspecified atom stereocenters. The van der Waals surface area contributed by atoms with Crippen molar-refractivity contribution in [3.8, 4) is 0 Å². The van der Waals surface area contributed by atoms with E-state index in [0.717, 1.165) is 12.0 Å². The third kappa shape index (κ3) is 2.29. The zero-order valence-electron chi connectivity index (χ0n) is 11.9. The maximum absolute atomic E-state index is 11.9. The Labute approximate surface area is 120 Å². The topological polar surface area (TPSA) is 54.4 Å². The van der Waals surface area contributed by atoms with Crippen LogP contribution >= 0.6 is 0 Å². The number of rotatable bonds is 3. The first-order valence-electron chi connectivity index (χ1n) is 7.43.